The van der Waals surface area contributed by atoms with Crippen molar-refractivity contribution in [3.63, 3.8) is 0 Å². The van der Waals surface area contributed by atoms with Crippen molar-refractivity contribution in [2.24, 2.45) is 0 Å². The van der Waals surface area contributed by atoms with Crippen molar-refractivity contribution in [1.29, 1.82) is 0 Å². The highest BCUT2D eigenvalue weighted by Crippen LogP contribution is 2.32. The second kappa shape index (κ2) is 6.30. The van der Waals surface area contributed by atoms with Crippen LogP contribution in [0.4, 0.5) is 5.69 Å². The highest BCUT2D eigenvalue weighted by molar-refractivity contribution is 6.33. The molecule has 5 heteroatoms. The van der Waals surface area contributed by atoms with Crippen LogP contribution in [0.3, 0.4) is 0 Å². The highest BCUT2D eigenvalue weighted by Gasteiger charge is 2.17. The van der Waals surface area contributed by atoms with Gasteiger partial charge in [-0.15, -0.1) is 0 Å². The molecule has 2 aromatic carbocycles. The first-order valence-electron chi connectivity index (χ1n) is 5.96. The summed E-state index contributed by atoms with van der Waals surface area (Å²) in [5, 5.41) is 0.279. The number of carbonyl (C=O) groups is 1. The minimum Gasteiger partial charge on any atom is -0.486 e. The number of nitrogens with two attached hydrogens (primary N) is 1. The van der Waals surface area contributed by atoms with E-state index in [9.17, 15) is 4.79 Å². The lowest BCUT2D eigenvalue weighted by Gasteiger charge is -2.13. The van der Waals surface area contributed by atoms with Gasteiger partial charge in [-0.25, -0.2) is 4.79 Å². The second-order valence-corrected chi connectivity index (χ2v) is 4.55. The third-order valence-electron chi connectivity index (χ3n) is 2.70. The largest absolute Gasteiger partial charge is 0.486 e. The molecule has 0 aliphatic rings. The van der Waals surface area contributed by atoms with Crippen LogP contribution >= 0.6 is 11.6 Å². The molecule has 0 saturated carbocycles. The molecule has 0 saturated heterocycles. The van der Waals surface area contributed by atoms with Crippen LogP contribution in [0, 0.1) is 0 Å². The molecule has 0 aliphatic carbocycles. The summed E-state index contributed by atoms with van der Waals surface area (Å²) in [6, 6.07) is 12.6. The smallest absolute Gasteiger partial charge is 0.341 e. The molecular formula is C15H14ClNO3. The summed E-state index contributed by atoms with van der Waals surface area (Å²) in [7, 11) is 1.29. The number of benzene rings is 2. The average Bonchev–Trinajstić information content (AvgIpc) is 2.46. The topological polar surface area (TPSA) is 61.5 Å². The molecule has 20 heavy (non-hydrogen) atoms. The first-order valence-corrected chi connectivity index (χ1v) is 6.33. The van der Waals surface area contributed by atoms with Gasteiger partial charge in [0.1, 0.15) is 12.2 Å². The van der Waals surface area contributed by atoms with Crippen LogP contribution in [-0.4, -0.2) is 13.1 Å². The van der Waals surface area contributed by atoms with E-state index in [2.05, 4.69) is 0 Å². The minimum absolute atomic E-state index is 0.216. The second-order valence-electron chi connectivity index (χ2n) is 4.15. The lowest BCUT2D eigenvalue weighted by Crippen LogP contribution is -2.07. The van der Waals surface area contributed by atoms with Gasteiger partial charge in [0.25, 0.3) is 0 Å². The standard InChI is InChI=1S/C15H14ClNO3/c1-19-15(18)12-7-11(17)8-13(16)14(12)20-9-10-5-3-2-4-6-10/h2-8H,9,17H2,1H3. The number of rotatable bonds is 4. The van der Waals surface area contributed by atoms with Gasteiger partial charge in [0.2, 0.25) is 0 Å². The van der Waals surface area contributed by atoms with E-state index in [1.807, 2.05) is 30.3 Å². The zero-order valence-electron chi connectivity index (χ0n) is 10.9. The Morgan fingerprint density at radius 2 is 1.95 bits per heavy atom. The van der Waals surface area contributed by atoms with Gasteiger partial charge in [-0.2, -0.15) is 0 Å². The summed E-state index contributed by atoms with van der Waals surface area (Å²) in [4.78, 5) is 11.7. The lowest BCUT2D eigenvalue weighted by molar-refractivity contribution is 0.0595. The summed E-state index contributed by atoms with van der Waals surface area (Å²) in [5.74, 6) is -0.265. The van der Waals surface area contributed by atoms with Gasteiger partial charge >= 0.3 is 5.97 Å². The van der Waals surface area contributed by atoms with Crippen LogP contribution in [0.2, 0.25) is 5.02 Å². The zero-order valence-corrected chi connectivity index (χ0v) is 11.7. The molecule has 0 bridgehead atoms. The third kappa shape index (κ3) is 3.22. The van der Waals surface area contributed by atoms with Crippen LogP contribution in [0.15, 0.2) is 42.5 Å². The Hall–Kier alpha value is -2.20. The van der Waals surface area contributed by atoms with Crippen molar-refractivity contribution in [2.75, 3.05) is 12.8 Å². The first-order chi connectivity index (χ1) is 9.61. The monoisotopic (exact) mass is 291 g/mol. The molecule has 0 heterocycles. The summed E-state index contributed by atoms with van der Waals surface area (Å²) >= 11 is 6.09. The van der Waals surface area contributed by atoms with Crippen molar-refractivity contribution < 1.29 is 14.3 Å². The van der Waals surface area contributed by atoms with Gasteiger partial charge < -0.3 is 15.2 Å². The number of nitrogen functional groups attached to an aromatic ring is 1. The Bertz CT molecular complexity index is 614. The Labute approximate surface area is 122 Å². The Morgan fingerprint density at radius 1 is 1.25 bits per heavy atom. The zero-order chi connectivity index (χ0) is 14.5. The molecule has 0 spiro atoms. The van der Waals surface area contributed by atoms with E-state index >= 15 is 0 Å². The van der Waals surface area contributed by atoms with Gasteiger partial charge in [0.15, 0.2) is 5.75 Å². The maximum atomic E-state index is 11.7. The normalized spacial score (nSPS) is 10.1. The van der Waals surface area contributed by atoms with Crippen molar-refractivity contribution in [3.8, 4) is 5.75 Å². The molecule has 0 aromatic heterocycles. The highest BCUT2D eigenvalue weighted by atomic mass is 35.5. The third-order valence-corrected chi connectivity index (χ3v) is 2.98. The number of halogens is 1. The summed E-state index contributed by atoms with van der Waals surface area (Å²) < 4.78 is 10.3. The fourth-order valence-electron chi connectivity index (χ4n) is 1.75. The maximum absolute atomic E-state index is 11.7. The van der Waals surface area contributed by atoms with E-state index in [4.69, 9.17) is 26.8 Å². The predicted octanol–water partition coefficient (Wildman–Crippen LogP) is 3.29. The van der Waals surface area contributed by atoms with E-state index in [0.717, 1.165) is 5.56 Å². The molecule has 0 aliphatic heterocycles. The quantitative estimate of drug-likeness (QED) is 0.693. The fraction of sp³-hybridized carbons (Fsp3) is 0.133. The van der Waals surface area contributed by atoms with E-state index in [1.54, 1.807) is 0 Å². The van der Waals surface area contributed by atoms with Crippen molar-refractivity contribution in [3.05, 3.63) is 58.6 Å². The molecular weight excluding hydrogens is 278 g/mol. The fourth-order valence-corrected chi connectivity index (χ4v) is 2.03. The number of carbonyl (C=O) groups excluding carboxylic acids is 1. The number of methoxy groups -OCH3 is 1. The molecule has 0 amide bonds. The lowest BCUT2D eigenvalue weighted by atomic mass is 10.1. The van der Waals surface area contributed by atoms with Crippen LogP contribution in [0.1, 0.15) is 15.9 Å². The molecule has 0 radical (unpaired) electrons. The van der Waals surface area contributed by atoms with Crippen LogP contribution < -0.4 is 10.5 Å². The summed E-state index contributed by atoms with van der Waals surface area (Å²) in [6.45, 7) is 0.300. The van der Waals surface area contributed by atoms with E-state index in [0.29, 0.717) is 12.3 Å². The van der Waals surface area contributed by atoms with Gasteiger partial charge in [-0.3, -0.25) is 0 Å². The molecule has 0 atom stereocenters. The molecule has 4 nitrogen and oxygen atoms in total. The minimum atomic E-state index is -0.540. The summed E-state index contributed by atoms with van der Waals surface area (Å²) in [5.41, 5.74) is 7.24. The van der Waals surface area contributed by atoms with Gasteiger partial charge in [-0.05, 0) is 17.7 Å². The molecule has 2 aromatic rings. The molecule has 0 fully saturated rings. The van der Waals surface area contributed by atoms with Crippen molar-refractivity contribution in [1.82, 2.24) is 0 Å². The number of hydrogen-bond donors (Lipinski definition) is 1. The maximum Gasteiger partial charge on any atom is 0.341 e. The molecule has 104 valence electrons. The SMILES string of the molecule is COC(=O)c1cc(N)cc(Cl)c1OCc1ccccc1. The predicted molar refractivity (Wildman–Crippen MR) is 78.0 cm³/mol. The Balaban J connectivity index is 2.28. The van der Waals surface area contributed by atoms with Gasteiger partial charge in [-0.1, -0.05) is 41.9 Å². The molecule has 0 unspecified atom stereocenters. The average molecular weight is 292 g/mol. The number of anilines is 1. The Morgan fingerprint density at radius 3 is 2.60 bits per heavy atom. The van der Waals surface area contributed by atoms with E-state index in [1.165, 1.54) is 19.2 Å². The summed E-state index contributed by atoms with van der Waals surface area (Å²) in [6.07, 6.45) is 0. The molecule has 2 rings (SSSR count). The number of ether oxygens (including phenoxy) is 2. The molecule has 2 N–H and O–H groups in total. The number of hydrogen-bond acceptors (Lipinski definition) is 4. The Kier molecular flexibility index (Phi) is 4.48. The van der Waals surface area contributed by atoms with E-state index < -0.39 is 5.97 Å². The van der Waals surface area contributed by atoms with Gasteiger partial charge in [0.05, 0.1) is 12.1 Å². The van der Waals surface area contributed by atoms with Gasteiger partial charge in [0, 0.05) is 5.69 Å². The first kappa shape index (κ1) is 14.2. The van der Waals surface area contributed by atoms with Crippen LogP contribution in [-0.2, 0) is 11.3 Å². The van der Waals surface area contributed by atoms with E-state index in [-0.39, 0.29) is 16.3 Å². The van der Waals surface area contributed by atoms with Crippen LogP contribution in [0.25, 0.3) is 0 Å². The number of esters is 1. The van der Waals surface area contributed by atoms with Crippen LogP contribution in [0.5, 0.6) is 5.75 Å². The van der Waals surface area contributed by atoms with Crippen molar-refractivity contribution in [2.45, 2.75) is 6.61 Å². The van der Waals surface area contributed by atoms with Crippen molar-refractivity contribution >= 4 is 23.3 Å².